The summed E-state index contributed by atoms with van der Waals surface area (Å²) in [6.45, 7) is 1.16. The number of hydrogen-bond donors (Lipinski definition) is 1. The summed E-state index contributed by atoms with van der Waals surface area (Å²) in [5.41, 5.74) is 1.53. The molecule has 0 radical (unpaired) electrons. The second-order valence-corrected chi connectivity index (χ2v) is 4.15. The average molecular weight is 254 g/mol. The van der Waals surface area contributed by atoms with E-state index in [9.17, 15) is 9.59 Å². The van der Waals surface area contributed by atoms with Crippen molar-refractivity contribution >= 4 is 33.6 Å². The fourth-order valence-electron chi connectivity index (χ4n) is 1.99. The maximum absolute atomic E-state index is 11.3. The number of nitrogens with one attached hydrogen (secondary N) is 1. The van der Waals surface area contributed by atoms with Crippen LogP contribution in [0.25, 0.3) is 21.8 Å². The van der Waals surface area contributed by atoms with Crippen molar-refractivity contribution in [3.63, 3.8) is 0 Å². The number of aromatic amines is 1. The van der Waals surface area contributed by atoms with Gasteiger partial charge in [0, 0.05) is 29.4 Å². The molecule has 0 bridgehead atoms. The van der Waals surface area contributed by atoms with E-state index in [4.69, 9.17) is 4.74 Å². The quantitative estimate of drug-likeness (QED) is 0.562. The van der Waals surface area contributed by atoms with E-state index < -0.39 is 11.8 Å². The van der Waals surface area contributed by atoms with Crippen LogP contribution in [-0.2, 0) is 9.59 Å². The van der Waals surface area contributed by atoms with Crippen LogP contribution >= 0.6 is 0 Å². The Morgan fingerprint density at radius 1 is 1.16 bits per heavy atom. The lowest BCUT2D eigenvalue weighted by atomic mass is 10.2. The number of Topliss-reactive ketones (excluding diaryl/α,β-unsaturated/α-hetero) is 1. The number of hydrogen-bond acceptors (Lipinski definition) is 4. The largest absolute Gasteiger partial charge is 0.399 e. The Bertz CT molecular complexity index is 805. The molecule has 0 amide bonds. The first-order valence-electron chi connectivity index (χ1n) is 5.75. The molecule has 0 saturated carbocycles. The molecule has 0 fully saturated rings. The van der Waals surface area contributed by atoms with Gasteiger partial charge in [0.05, 0.1) is 0 Å². The number of esters is 1. The van der Waals surface area contributed by atoms with E-state index in [0.29, 0.717) is 5.52 Å². The van der Waals surface area contributed by atoms with Crippen molar-refractivity contribution in [3.05, 3.63) is 36.5 Å². The molecule has 1 N–H and O–H groups in total. The van der Waals surface area contributed by atoms with Crippen LogP contribution in [0.2, 0.25) is 0 Å². The van der Waals surface area contributed by atoms with Crippen molar-refractivity contribution in [3.8, 4) is 5.88 Å². The summed E-state index contributed by atoms with van der Waals surface area (Å²) >= 11 is 0. The maximum Gasteiger partial charge on any atom is 0.381 e. The van der Waals surface area contributed by atoms with E-state index in [1.165, 1.54) is 0 Å². The van der Waals surface area contributed by atoms with Gasteiger partial charge in [0.2, 0.25) is 11.7 Å². The van der Waals surface area contributed by atoms with Crippen LogP contribution in [-0.4, -0.2) is 21.7 Å². The molecule has 5 heteroatoms. The number of ketones is 1. The first-order chi connectivity index (χ1) is 9.16. The van der Waals surface area contributed by atoms with Gasteiger partial charge in [-0.3, -0.25) is 4.79 Å². The summed E-state index contributed by atoms with van der Waals surface area (Å²) in [6, 6.07) is 9.56. The van der Waals surface area contributed by atoms with Gasteiger partial charge in [-0.1, -0.05) is 18.2 Å². The summed E-state index contributed by atoms with van der Waals surface area (Å²) in [6.07, 6.45) is 1.55. The molecule has 3 rings (SSSR count). The number of ether oxygens (including phenoxy) is 1. The van der Waals surface area contributed by atoms with Gasteiger partial charge in [-0.05, 0) is 12.1 Å². The predicted molar refractivity (Wildman–Crippen MR) is 69.9 cm³/mol. The standard InChI is InChI=1S/C14H10N2O3/c1-8(17)14(18)19-13-12-10(6-7-15-13)9-4-2-3-5-11(9)16-12/h2-7,16H,1H3. The summed E-state index contributed by atoms with van der Waals surface area (Å²) in [7, 11) is 0. The number of carbonyl (C=O) groups excluding carboxylic acids is 2. The third-order valence-electron chi connectivity index (χ3n) is 2.87. The van der Waals surface area contributed by atoms with Gasteiger partial charge in [0.1, 0.15) is 5.52 Å². The van der Waals surface area contributed by atoms with Gasteiger partial charge < -0.3 is 9.72 Å². The summed E-state index contributed by atoms with van der Waals surface area (Å²) in [5.74, 6) is -1.46. The zero-order valence-electron chi connectivity index (χ0n) is 10.1. The minimum Gasteiger partial charge on any atom is -0.399 e. The van der Waals surface area contributed by atoms with Crippen LogP contribution in [0.4, 0.5) is 0 Å². The molecule has 1 aromatic carbocycles. The third kappa shape index (κ3) is 1.85. The van der Waals surface area contributed by atoms with Crippen molar-refractivity contribution in [1.29, 1.82) is 0 Å². The fraction of sp³-hybridized carbons (Fsp3) is 0.0714. The second-order valence-electron chi connectivity index (χ2n) is 4.15. The molecule has 3 aromatic rings. The highest BCUT2D eigenvalue weighted by Crippen LogP contribution is 2.29. The average Bonchev–Trinajstić information content (AvgIpc) is 2.78. The van der Waals surface area contributed by atoms with E-state index in [-0.39, 0.29) is 5.88 Å². The summed E-state index contributed by atoms with van der Waals surface area (Å²) in [4.78, 5) is 29.4. The number of aromatic nitrogens is 2. The molecule has 0 aliphatic carbocycles. The molecule has 0 aliphatic heterocycles. The van der Waals surface area contributed by atoms with Crippen LogP contribution in [0.3, 0.4) is 0 Å². The Kier molecular flexibility index (Phi) is 2.52. The highest BCUT2D eigenvalue weighted by Gasteiger charge is 2.15. The van der Waals surface area contributed by atoms with Crippen LogP contribution < -0.4 is 4.74 Å². The smallest absolute Gasteiger partial charge is 0.381 e. The molecule has 2 aromatic heterocycles. The molecule has 0 saturated heterocycles. The van der Waals surface area contributed by atoms with Crippen molar-refractivity contribution in [2.75, 3.05) is 0 Å². The van der Waals surface area contributed by atoms with Gasteiger partial charge in [0.25, 0.3) is 0 Å². The van der Waals surface area contributed by atoms with Gasteiger partial charge in [-0.2, -0.15) is 0 Å². The van der Waals surface area contributed by atoms with Gasteiger partial charge in [0.15, 0.2) is 0 Å². The molecule has 5 nitrogen and oxygen atoms in total. The SMILES string of the molecule is CC(=O)C(=O)Oc1nccc2c1[nH]c1ccccc12. The van der Waals surface area contributed by atoms with Crippen LogP contribution in [0.5, 0.6) is 5.88 Å². The molecule has 2 heterocycles. The number of rotatable bonds is 2. The molecule has 0 unspecified atom stereocenters. The number of pyridine rings is 1. The van der Waals surface area contributed by atoms with Gasteiger partial charge >= 0.3 is 5.97 Å². The molecule has 0 aliphatic rings. The predicted octanol–water partition coefficient (Wildman–Crippen LogP) is 2.21. The Morgan fingerprint density at radius 3 is 2.74 bits per heavy atom. The van der Waals surface area contributed by atoms with Crippen molar-refractivity contribution in [1.82, 2.24) is 9.97 Å². The highest BCUT2D eigenvalue weighted by atomic mass is 16.5. The van der Waals surface area contributed by atoms with E-state index in [0.717, 1.165) is 23.2 Å². The van der Waals surface area contributed by atoms with Crippen LogP contribution in [0.15, 0.2) is 36.5 Å². The number of para-hydroxylation sites is 1. The molecule has 0 spiro atoms. The number of nitrogens with zero attached hydrogens (tertiary/aromatic N) is 1. The lowest BCUT2D eigenvalue weighted by molar-refractivity contribution is -0.146. The lowest BCUT2D eigenvalue weighted by Crippen LogP contribution is -2.17. The molecular weight excluding hydrogens is 244 g/mol. The number of carbonyl (C=O) groups is 2. The minimum atomic E-state index is -0.918. The number of fused-ring (bicyclic) bond motifs is 3. The van der Waals surface area contributed by atoms with E-state index in [1.807, 2.05) is 30.3 Å². The molecule has 19 heavy (non-hydrogen) atoms. The fourth-order valence-corrected chi connectivity index (χ4v) is 1.99. The normalized spacial score (nSPS) is 10.8. The molecular formula is C14H10N2O3. The molecule has 94 valence electrons. The lowest BCUT2D eigenvalue weighted by Gasteiger charge is -2.01. The van der Waals surface area contributed by atoms with Crippen LogP contribution in [0.1, 0.15) is 6.92 Å². The Labute approximate surface area is 108 Å². The number of benzene rings is 1. The van der Waals surface area contributed by atoms with Crippen LogP contribution in [0, 0.1) is 0 Å². The Hall–Kier alpha value is -2.69. The first-order valence-corrected chi connectivity index (χ1v) is 5.75. The molecule has 0 atom stereocenters. The Morgan fingerprint density at radius 2 is 1.95 bits per heavy atom. The van der Waals surface area contributed by atoms with Crippen molar-refractivity contribution in [2.24, 2.45) is 0 Å². The zero-order chi connectivity index (χ0) is 13.4. The topological polar surface area (TPSA) is 72.1 Å². The van der Waals surface area contributed by atoms with E-state index in [2.05, 4.69) is 9.97 Å². The zero-order valence-corrected chi connectivity index (χ0v) is 10.1. The maximum atomic E-state index is 11.3. The van der Waals surface area contributed by atoms with Crippen molar-refractivity contribution < 1.29 is 14.3 Å². The highest BCUT2D eigenvalue weighted by molar-refractivity contribution is 6.33. The third-order valence-corrected chi connectivity index (χ3v) is 2.87. The monoisotopic (exact) mass is 254 g/mol. The minimum absolute atomic E-state index is 0.119. The van der Waals surface area contributed by atoms with E-state index in [1.54, 1.807) is 6.20 Å². The summed E-state index contributed by atoms with van der Waals surface area (Å²) in [5, 5.41) is 1.91. The summed E-state index contributed by atoms with van der Waals surface area (Å²) < 4.78 is 4.99. The van der Waals surface area contributed by atoms with Gasteiger partial charge in [-0.15, -0.1) is 0 Å². The second kappa shape index (κ2) is 4.20. The van der Waals surface area contributed by atoms with Crippen molar-refractivity contribution in [2.45, 2.75) is 6.92 Å². The first kappa shape index (κ1) is 11.4. The van der Waals surface area contributed by atoms with E-state index >= 15 is 0 Å². The number of H-pyrrole nitrogens is 1. The van der Waals surface area contributed by atoms with Gasteiger partial charge in [-0.25, -0.2) is 9.78 Å². The Balaban J connectivity index is 2.20.